The van der Waals surface area contributed by atoms with Crippen LogP contribution in [-0.2, 0) is 9.53 Å². The van der Waals surface area contributed by atoms with Crippen LogP contribution in [0.1, 0.15) is 53.4 Å². The number of carbonyl (C=O) groups is 1. The van der Waals surface area contributed by atoms with Crippen molar-refractivity contribution in [2.45, 2.75) is 65.0 Å². The first-order chi connectivity index (χ1) is 8.07. The summed E-state index contributed by atoms with van der Waals surface area (Å²) in [6.45, 7) is 8.77. The van der Waals surface area contributed by atoms with Crippen molar-refractivity contribution in [3.05, 3.63) is 0 Å². The molecule has 17 heavy (non-hydrogen) atoms. The van der Waals surface area contributed by atoms with Crippen LogP contribution in [0.5, 0.6) is 0 Å². The monoisotopic (exact) mass is 244 g/mol. The number of rotatable bonds is 9. The third-order valence-corrected chi connectivity index (χ3v) is 3.52. The zero-order valence-electron chi connectivity index (χ0n) is 11.7. The van der Waals surface area contributed by atoms with Gasteiger partial charge < -0.3 is 15.8 Å². The van der Waals surface area contributed by atoms with E-state index in [2.05, 4.69) is 19.2 Å². The zero-order valence-corrected chi connectivity index (χ0v) is 11.7. The van der Waals surface area contributed by atoms with E-state index < -0.39 is 0 Å². The Hall–Kier alpha value is -0.610. The Kier molecular flexibility index (Phi) is 8.17. The van der Waals surface area contributed by atoms with Crippen LogP contribution in [0.4, 0.5) is 0 Å². The van der Waals surface area contributed by atoms with Gasteiger partial charge in [-0.1, -0.05) is 27.7 Å². The van der Waals surface area contributed by atoms with Crippen LogP contribution in [0.25, 0.3) is 0 Å². The molecule has 0 aliphatic rings. The highest BCUT2D eigenvalue weighted by molar-refractivity contribution is 5.77. The van der Waals surface area contributed by atoms with Gasteiger partial charge >= 0.3 is 0 Å². The molecule has 0 radical (unpaired) electrons. The Morgan fingerprint density at radius 3 is 2.12 bits per heavy atom. The minimum Gasteiger partial charge on any atom is -0.364 e. The van der Waals surface area contributed by atoms with Gasteiger partial charge in [-0.05, 0) is 25.7 Å². The SMILES string of the molecule is CCC(CC)NC(=O)COC(CC)(CC)CN. The van der Waals surface area contributed by atoms with Crippen LogP contribution < -0.4 is 11.1 Å². The second-order valence-electron chi connectivity index (χ2n) is 4.46. The summed E-state index contributed by atoms with van der Waals surface area (Å²) in [5.74, 6) is -0.0431. The van der Waals surface area contributed by atoms with Crippen molar-refractivity contribution in [3.8, 4) is 0 Å². The zero-order chi connectivity index (χ0) is 13.3. The van der Waals surface area contributed by atoms with Crippen molar-refractivity contribution in [1.82, 2.24) is 5.32 Å². The summed E-state index contributed by atoms with van der Waals surface area (Å²) in [7, 11) is 0. The van der Waals surface area contributed by atoms with Crippen molar-refractivity contribution < 1.29 is 9.53 Å². The quantitative estimate of drug-likeness (QED) is 0.650. The Morgan fingerprint density at radius 1 is 1.24 bits per heavy atom. The maximum Gasteiger partial charge on any atom is 0.246 e. The predicted octanol–water partition coefficient (Wildman–Crippen LogP) is 1.83. The van der Waals surface area contributed by atoms with E-state index in [1.165, 1.54) is 0 Å². The summed E-state index contributed by atoms with van der Waals surface area (Å²) < 4.78 is 5.69. The molecule has 0 saturated carbocycles. The number of carbonyl (C=O) groups excluding carboxylic acids is 1. The Balaban J connectivity index is 4.13. The third kappa shape index (κ3) is 5.50. The largest absolute Gasteiger partial charge is 0.364 e. The molecule has 0 heterocycles. The normalized spacial score (nSPS) is 11.9. The molecule has 0 spiro atoms. The summed E-state index contributed by atoms with van der Waals surface area (Å²) >= 11 is 0. The molecule has 0 atom stereocenters. The van der Waals surface area contributed by atoms with Crippen LogP contribution in [0.2, 0.25) is 0 Å². The van der Waals surface area contributed by atoms with Gasteiger partial charge in [0.05, 0.1) is 5.60 Å². The van der Waals surface area contributed by atoms with Crippen molar-refractivity contribution in [3.63, 3.8) is 0 Å². The molecule has 1 amide bonds. The van der Waals surface area contributed by atoms with E-state index >= 15 is 0 Å². The van der Waals surface area contributed by atoms with Crippen molar-refractivity contribution in [2.75, 3.05) is 13.2 Å². The molecule has 0 aliphatic heterocycles. The van der Waals surface area contributed by atoms with Crippen LogP contribution in [0.15, 0.2) is 0 Å². The molecule has 0 aromatic rings. The summed E-state index contributed by atoms with van der Waals surface area (Å²) in [6.07, 6.45) is 3.56. The van der Waals surface area contributed by atoms with Gasteiger partial charge in [0.15, 0.2) is 0 Å². The molecule has 0 saturated heterocycles. The van der Waals surface area contributed by atoms with Gasteiger partial charge in [-0.15, -0.1) is 0 Å². The summed E-state index contributed by atoms with van der Waals surface area (Å²) in [6, 6.07) is 0.252. The van der Waals surface area contributed by atoms with Gasteiger partial charge in [-0.3, -0.25) is 4.79 Å². The van der Waals surface area contributed by atoms with Gasteiger partial charge in [-0.2, -0.15) is 0 Å². The molecule has 0 unspecified atom stereocenters. The van der Waals surface area contributed by atoms with Crippen LogP contribution in [0, 0.1) is 0 Å². The molecular weight excluding hydrogens is 216 g/mol. The van der Waals surface area contributed by atoms with Crippen LogP contribution >= 0.6 is 0 Å². The number of hydrogen-bond donors (Lipinski definition) is 2. The summed E-state index contributed by atoms with van der Waals surface area (Å²) in [4.78, 5) is 11.7. The van der Waals surface area contributed by atoms with Crippen LogP contribution in [0.3, 0.4) is 0 Å². The van der Waals surface area contributed by atoms with Crippen molar-refractivity contribution in [1.29, 1.82) is 0 Å². The fourth-order valence-corrected chi connectivity index (χ4v) is 1.78. The fourth-order valence-electron chi connectivity index (χ4n) is 1.78. The van der Waals surface area contributed by atoms with Gasteiger partial charge in [0.1, 0.15) is 6.61 Å². The average Bonchev–Trinajstić information content (AvgIpc) is 2.38. The lowest BCUT2D eigenvalue weighted by atomic mass is 9.97. The predicted molar refractivity (Wildman–Crippen MR) is 70.8 cm³/mol. The fraction of sp³-hybridized carbons (Fsp3) is 0.923. The van der Waals surface area contributed by atoms with E-state index in [4.69, 9.17) is 10.5 Å². The molecule has 4 heteroatoms. The second kappa shape index (κ2) is 8.48. The lowest BCUT2D eigenvalue weighted by molar-refractivity contribution is -0.134. The van der Waals surface area contributed by atoms with E-state index in [-0.39, 0.29) is 24.2 Å². The highest BCUT2D eigenvalue weighted by Gasteiger charge is 2.26. The molecule has 0 aliphatic carbocycles. The lowest BCUT2D eigenvalue weighted by Crippen LogP contribution is -2.44. The van der Waals surface area contributed by atoms with E-state index in [9.17, 15) is 4.79 Å². The van der Waals surface area contributed by atoms with E-state index in [1.54, 1.807) is 0 Å². The Morgan fingerprint density at radius 2 is 1.76 bits per heavy atom. The number of nitrogens with two attached hydrogens (primary N) is 1. The molecule has 3 N–H and O–H groups in total. The van der Waals surface area contributed by atoms with Crippen molar-refractivity contribution >= 4 is 5.91 Å². The number of hydrogen-bond acceptors (Lipinski definition) is 3. The van der Waals surface area contributed by atoms with E-state index in [0.717, 1.165) is 25.7 Å². The maximum atomic E-state index is 11.7. The first kappa shape index (κ1) is 16.4. The highest BCUT2D eigenvalue weighted by atomic mass is 16.5. The minimum atomic E-state index is -0.342. The first-order valence-electron chi connectivity index (χ1n) is 6.70. The van der Waals surface area contributed by atoms with Gasteiger partial charge in [-0.25, -0.2) is 0 Å². The Bertz CT molecular complexity index is 203. The molecule has 102 valence electrons. The molecule has 0 fully saturated rings. The maximum absolute atomic E-state index is 11.7. The number of ether oxygens (including phenoxy) is 1. The van der Waals surface area contributed by atoms with E-state index in [0.29, 0.717) is 6.54 Å². The standard InChI is InChI=1S/C13H28N2O2/c1-5-11(6-2)15-12(16)9-17-13(7-3,8-4)10-14/h11H,5-10,14H2,1-4H3,(H,15,16). The summed E-state index contributed by atoms with van der Waals surface area (Å²) in [5.41, 5.74) is 5.37. The Labute approximate surface area is 105 Å². The van der Waals surface area contributed by atoms with Crippen molar-refractivity contribution in [2.24, 2.45) is 5.73 Å². The minimum absolute atomic E-state index is 0.0431. The smallest absolute Gasteiger partial charge is 0.246 e. The number of amides is 1. The van der Waals surface area contributed by atoms with Gasteiger partial charge in [0.2, 0.25) is 5.91 Å². The lowest BCUT2D eigenvalue weighted by Gasteiger charge is -2.30. The van der Waals surface area contributed by atoms with E-state index in [1.807, 2.05) is 13.8 Å². The first-order valence-corrected chi connectivity index (χ1v) is 6.70. The van der Waals surface area contributed by atoms with Gasteiger partial charge in [0.25, 0.3) is 0 Å². The molecule has 4 nitrogen and oxygen atoms in total. The molecule has 0 aromatic carbocycles. The topological polar surface area (TPSA) is 64.3 Å². The highest BCUT2D eigenvalue weighted by Crippen LogP contribution is 2.18. The molecule has 0 aromatic heterocycles. The van der Waals surface area contributed by atoms with Gasteiger partial charge in [0, 0.05) is 12.6 Å². The molecule has 0 bridgehead atoms. The molecular formula is C13H28N2O2. The third-order valence-electron chi connectivity index (χ3n) is 3.52. The average molecular weight is 244 g/mol. The summed E-state index contributed by atoms with van der Waals surface area (Å²) in [5, 5.41) is 2.96. The number of nitrogens with one attached hydrogen (secondary N) is 1. The second-order valence-corrected chi connectivity index (χ2v) is 4.46. The molecule has 0 rings (SSSR count). The van der Waals surface area contributed by atoms with Crippen LogP contribution in [-0.4, -0.2) is 30.7 Å².